The number of anilines is 1. The highest BCUT2D eigenvalue weighted by Crippen LogP contribution is 2.22. The van der Waals surface area contributed by atoms with Crippen molar-refractivity contribution in [3.05, 3.63) is 90.5 Å². The predicted molar refractivity (Wildman–Crippen MR) is 134 cm³/mol. The van der Waals surface area contributed by atoms with Crippen molar-refractivity contribution in [2.75, 3.05) is 25.0 Å². The van der Waals surface area contributed by atoms with Crippen LogP contribution >= 0.6 is 0 Å². The van der Waals surface area contributed by atoms with Crippen LogP contribution in [0.3, 0.4) is 0 Å². The van der Waals surface area contributed by atoms with E-state index in [9.17, 15) is 4.79 Å². The van der Waals surface area contributed by atoms with Gasteiger partial charge in [0.1, 0.15) is 5.52 Å². The average molecular weight is 453 g/mol. The van der Waals surface area contributed by atoms with Gasteiger partial charge in [0.25, 0.3) is 5.91 Å². The number of aromatic nitrogens is 4. The van der Waals surface area contributed by atoms with Gasteiger partial charge in [0.2, 0.25) is 5.95 Å². The largest absolute Gasteiger partial charge is 0.331 e. The van der Waals surface area contributed by atoms with Gasteiger partial charge in [-0.3, -0.25) is 15.0 Å². The molecule has 1 amide bonds. The molecule has 0 saturated carbocycles. The minimum absolute atomic E-state index is 0.255. The molecule has 1 aliphatic heterocycles. The Bertz CT molecular complexity index is 1280. The molecule has 34 heavy (non-hydrogen) atoms. The number of aryl methyl sites for hydroxylation is 1. The second-order valence-electron chi connectivity index (χ2n) is 8.49. The van der Waals surface area contributed by atoms with E-state index >= 15 is 0 Å². The lowest BCUT2D eigenvalue weighted by Gasteiger charge is -2.26. The highest BCUT2D eigenvalue weighted by Gasteiger charge is 2.15. The Morgan fingerprint density at radius 3 is 2.53 bits per heavy atom. The highest BCUT2D eigenvalue weighted by molar-refractivity contribution is 6.10. The number of amides is 1. The maximum Gasteiger partial charge on any atom is 0.260 e. The maximum atomic E-state index is 12.7. The number of carbonyl (C=O) groups is 1. The molecule has 0 atom stereocenters. The first-order valence-corrected chi connectivity index (χ1v) is 11.8. The predicted octanol–water partition coefficient (Wildman–Crippen LogP) is 4.65. The fraction of sp³-hybridized carbons (Fsp3) is 0.259. The molecule has 0 bridgehead atoms. The summed E-state index contributed by atoms with van der Waals surface area (Å²) in [5, 5.41) is 2.74. The van der Waals surface area contributed by atoms with Crippen molar-refractivity contribution in [2.45, 2.75) is 25.8 Å². The van der Waals surface area contributed by atoms with E-state index in [1.165, 1.54) is 11.1 Å². The highest BCUT2D eigenvalue weighted by atomic mass is 16.1. The van der Waals surface area contributed by atoms with Crippen molar-refractivity contribution in [3.8, 4) is 0 Å². The molecule has 5 rings (SSSR count). The van der Waals surface area contributed by atoms with Gasteiger partial charge in [-0.25, -0.2) is 15.0 Å². The Hall–Kier alpha value is -3.84. The van der Waals surface area contributed by atoms with Crippen molar-refractivity contribution in [3.63, 3.8) is 0 Å². The van der Waals surface area contributed by atoms with Gasteiger partial charge in [-0.2, -0.15) is 0 Å². The van der Waals surface area contributed by atoms with Crippen LogP contribution in [0.5, 0.6) is 0 Å². The lowest BCUT2D eigenvalue weighted by atomic mass is 9.99. The Balaban J connectivity index is 1.15. The van der Waals surface area contributed by atoms with Gasteiger partial charge in [0.15, 0.2) is 0 Å². The molecule has 2 aromatic carbocycles. The second-order valence-corrected chi connectivity index (χ2v) is 8.49. The number of unbranched alkanes of at least 4 members (excludes halogenated alkanes) is 1. The molecule has 7 heteroatoms. The molecule has 0 unspecified atom stereocenters. The maximum absolute atomic E-state index is 12.7. The third-order valence-corrected chi connectivity index (χ3v) is 6.25. The zero-order valence-corrected chi connectivity index (χ0v) is 19.1. The van der Waals surface area contributed by atoms with Crippen LogP contribution in [0.15, 0.2) is 79.4 Å². The van der Waals surface area contributed by atoms with E-state index in [4.69, 9.17) is 0 Å². The number of imidazole rings is 1. The van der Waals surface area contributed by atoms with Gasteiger partial charge >= 0.3 is 0 Å². The summed E-state index contributed by atoms with van der Waals surface area (Å²) in [6, 6.07) is 18.1. The molecule has 0 aliphatic carbocycles. The van der Waals surface area contributed by atoms with Gasteiger partial charge in [0.05, 0.1) is 17.4 Å². The standard InChI is InChI=1S/C27H28N6O/c34-26(31-27-28-14-7-15-29-27)23-10-6-11-24-25(23)30-20-33(24)17-5-4-16-32-18-12-22(13-19-32)21-8-2-1-3-9-21/h1-3,6-12,14-15,20H,4-5,13,16-19H2,(H,28,29,31,34). The van der Waals surface area contributed by atoms with E-state index in [-0.39, 0.29) is 11.9 Å². The first-order valence-electron chi connectivity index (χ1n) is 11.8. The third-order valence-electron chi connectivity index (χ3n) is 6.25. The third kappa shape index (κ3) is 5.05. The van der Waals surface area contributed by atoms with E-state index < -0.39 is 0 Å². The van der Waals surface area contributed by atoms with Gasteiger partial charge < -0.3 is 4.57 Å². The second kappa shape index (κ2) is 10.4. The number of hydrogen-bond acceptors (Lipinski definition) is 5. The SMILES string of the molecule is O=C(Nc1ncccn1)c1cccc2c1ncn2CCCCN1CC=C(c2ccccc2)CC1. The van der Waals surface area contributed by atoms with Crippen LogP contribution in [0.2, 0.25) is 0 Å². The number of para-hydroxylation sites is 1. The van der Waals surface area contributed by atoms with Crippen LogP contribution in [0.4, 0.5) is 5.95 Å². The molecule has 2 aromatic heterocycles. The van der Waals surface area contributed by atoms with Crippen molar-refractivity contribution in [1.82, 2.24) is 24.4 Å². The summed E-state index contributed by atoms with van der Waals surface area (Å²) in [5.74, 6) is 0.0301. The van der Waals surface area contributed by atoms with E-state index in [1.807, 2.05) is 18.5 Å². The minimum Gasteiger partial charge on any atom is -0.331 e. The molecule has 1 N–H and O–H groups in total. The molecule has 0 fully saturated rings. The number of carbonyl (C=O) groups excluding carboxylic acids is 1. The zero-order valence-electron chi connectivity index (χ0n) is 19.1. The van der Waals surface area contributed by atoms with Crippen LogP contribution in [-0.4, -0.2) is 50.0 Å². The lowest BCUT2D eigenvalue weighted by Crippen LogP contribution is -2.29. The van der Waals surface area contributed by atoms with E-state index in [2.05, 4.69) is 66.1 Å². The minimum atomic E-state index is -0.255. The van der Waals surface area contributed by atoms with E-state index in [1.54, 1.807) is 24.5 Å². The van der Waals surface area contributed by atoms with Crippen molar-refractivity contribution in [1.29, 1.82) is 0 Å². The smallest absolute Gasteiger partial charge is 0.260 e. The summed E-state index contributed by atoms with van der Waals surface area (Å²) in [5.41, 5.74) is 5.00. The summed E-state index contributed by atoms with van der Waals surface area (Å²) < 4.78 is 2.13. The fourth-order valence-corrected chi connectivity index (χ4v) is 4.43. The summed E-state index contributed by atoms with van der Waals surface area (Å²) in [7, 11) is 0. The van der Waals surface area contributed by atoms with Crippen LogP contribution in [0.25, 0.3) is 16.6 Å². The number of rotatable bonds is 8. The number of hydrogen-bond donors (Lipinski definition) is 1. The van der Waals surface area contributed by atoms with Crippen LogP contribution in [-0.2, 0) is 6.54 Å². The Morgan fingerprint density at radius 2 is 1.74 bits per heavy atom. The molecule has 3 heterocycles. The fourth-order valence-electron chi connectivity index (χ4n) is 4.43. The first-order chi connectivity index (χ1) is 16.8. The zero-order chi connectivity index (χ0) is 23.2. The molecular formula is C27H28N6O. The van der Waals surface area contributed by atoms with Gasteiger partial charge in [-0.15, -0.1) is 0 Å². The molecule has 172 valence electrons. The quantitative estimate of drug-likeness (QED) is 0.394. The van der Waals surface area contributed by atoms with Crippen LogP contribution in [0, 0.1) is 0 Å². The van der Waals surface area contributed by atoms with Gasteiger partial charge in [-0.05, 0) is 55.1 Å². The van der Waals surface area contributed by atoms with Crippen LogP contribution in [0.1, 0.15) is 35.2 Å². The van der Waals surface area contributed by atoms with Crippen molar-refractivity contribution < 1.29 is 4.79 Å². The molecule has 7 nitrogen and oxygen atoms in total. The topological polar surface area (TPSA) is 75.9 Å². The Kier molecular flexibility index (Phi) is 6.72. The average Bonchev–Trinajstić information content (AvgIpc) is 3.31. The van der Waals surface area contributed by atoms with E-state index in [0.717, 1.165) is 51.0 Å². The number of nitrogens with one attached hydrogen (secondary N) is 1. The number of fused-ring (bicyclic) bond motifs is 1. The Labute approximate surface area is 199 Å². The summed E-state index contributed by atoms with van der Waals surface area (Å²) >= 11 is 0. The monoisotopic (exact) mass is 452 g/mol. The lowest BCUT2D eigenvalue weighted by molar-refractivity contribution is 0.102. The molecule has 0 spiro atoms. The number of benzene rings is 2. The summed E-state index contributed by atoms with van der Waals surface area (Å²) in [4.78, 5) is 27.9. The first kappa shape index (κ1) is 22.0. The molecule has 0 saturated heterocycles. The molecule has 1 aliphatic rings. The number of nitrogens with zero attached hydrogens (tertiary/aromatic N) is 5. The molecule has 0 radical (unpaired) electrons. The van der Waals surface area contributed by atoms with E-state index in [0.29, 0.717) is 11.1 Å². The Morgan fingerprint density at radius 1 is 0.912 bits per heavy atom. The summed E-state index contributed by atoms with van der Waals surface area (Å²) in [6.45, 7) is 4.10. The van der Waals surface area contributed by atoms with Crippen molar-refractivity contribution >= 4 is 28.5 Å². The summed E-state index contributed by atoms with van der Waals surface area (Å²) in [6.07, 6.45) is 10.7. The van der Waals surface area contributed by atoms with Gasteiger partial charge in [0, 0.05) is 32.0 Å². The molecule has 4 aromatic rings. The molecular weight excluding hydrogens is 424 g/mol. The normalized spacial score (nSPS) is 14.2. The van der Waals surface area contributed by atoms with Crippen molar-refractivity contribution in [2.24, 2.45) is 0 Å². The van der Waals surface area contributed by atoms with Gasteiger partial charge in [-0.1, -0.05) is 42.5 Å². The van der Waals surface area contributed by atoms with Crippen LogP contribution < -0.4 is 5.32 Å².